The van der Waals surface area contributed by atoms with Gasteiger partial charge in [-0.05, 0) is 38.5 Å². The number of rotatable bonds is 15. The van der Waals surface area contributed by atoms with Gasteiger partial charge in [-0.15, -0.1) is 0 Å². The maximum Gasteiger partial charge on any atom is 0.303 e. The minimum Gasteiger partial charge on any atom is -0.481 e. The zero-order valence-corrected chi connectivity index (χ0v) is 14.8. The molecule has 0 spiro atoms. The van der Waals surface area contributed by atoms with E-state index in [4.69, 9.17) is 10.2 Å². The molecule has 0 heterocycles. The number of hydrogen-bond acceptors (Lipinski definition) is 4. The molecule has 0 aromatic heterocycles. The lowest BCUT2D eigenvalue weighted by Crippen LogP contribution is -2.03. The van der Waals surface area contributed by atoms with Crippen LogP contribution in [0.2, 0.25) is 0 Å². The van der Waals surface area contributed by atoms with Gasteiger partial charge < -0.3 is 20.4 Å². The Morgan fingerprint density at radius 3 is 2.16 bits per heavy atom. The van der Waals surface area contributed by atoms with Gasteiger partial charge in [0.2, 0.25) is 0 Å². The van der Waals surface area contributed by atoms with Crippen LogP contribution in [0, 0.1) is 0 Å². The largest absolute Gasteiger partial charge is 0.481 e. The number of aliphatic hydroxyl groups is 3. The van der Waals surface area contributed by atoms with E-state index in [0.717, 1.165) is 25.7 Å². The third kappa shape index (κ3) is 18.5. The first-order valence-corrected chi connectivity index (χ1v) is 8.91. The van der Waals surface area contributed by atoms with Crippen LogP contribution in [0.5, 0.6) is 0 Å². The van der Waals surface area contributed by atoms with Crippen molar-refractivity contribution in [2.45, 2.75) is 63.6 Å². The third-order valence-electron chi connectivity index (χ3n) is 3.46. The predicted molar refractivity (Wildman–Crippen MR) is 100 cm³/mol. The van der Waals surface area contributed by atoms with Gasteiger partial charge in [0.05, 0.1) is 12.2 Å². The lowest BCUT2D eigenvalue weighted by Gasteiger charge is -2.02. The van der Waals surface area contributed by atoms with Crippen LogP contribution < -0.4 is 0 Å². The van der Waals surface area contributed by atoms with Crippen molar-refractivity contribution in [2.75, 3.05) is 6.61 Å². The monoisotopic (exact) mass is 352 g/mol. The maximum absolute atomic E-state index is 10.4. The summed E-state index contributed by atoms with van der Waals surface area (Å²) in [4.78, 5) is 10.4. The van der Waals surface area contributed by atoms with Crippen LogP contribution in [0.1, 0.15) is 51.4 Å². The van der Waals surface area contributed by atoms with Crippen molar-refractivity contribution in [2.24, 2.45) is 0 Å². The summed E-state index contributed by atoms with van der Waals surface area (Å²) in [6, 6.07) is 0. The highest BCUT2D eigenvalue weighted by atomic mass is 16.4. The van der Waals surface area contributed by atoms with Gasteiger partial charge in [-0.2, -0.15) is 0 Å². The van der Waals surface area contributed by atoms with Crippen molar-refractivity contribution in [3.8, 4) is 0 Å². The number of allylic oxidation sites excluding steroid dienone is 5. The van der Waals surface area contributed by atoms with E-state index in [2.05, 4.69) is 6.08 Å². The number of hydrogen-bond donors (Lipinski definition) is 4. The molecule has 0 aliphatic carbocycles. The van der Waals surface area contributed by atoms with E-state index in [1.54, 1.807) is 36.5 Å². The molecule has 142 valence electrons. The van der Waals surface area contributed by atoms with E-state index in [-0.39, 0.29) is 13.0 Å². The second kappa shape index (κ2) is 17.1. The van der Waals surface area contributed by atoms with Gasteiger partial charge >= 0.3 is 5.97 Å². The van der Waals surface area contributed by atoms with Crippen molar-refractivity contribution < 1.29 is 25.2 Å². The number of carboxylic acid groups (broad SMARTS) is 1. The van der Waals surface area contributed by atoms with Gasteiger partial charge in [0.1, 0.15) is 0 Å². The molecule has 0 bridgehead atoms. The van der Waals surface area contributed by atoms with E-state index < -0.39 is 18.2 Å². The zero-order valence-electron chi connectivity index (χ0n) is 14.8. The molecular formula is C20H32O5. The summed E-state index contributed by atoms with van der Waals surface area (Å²) in [5.41, 5.74) is 0. The number of aliphatic carboxylic acids is 1. The number of carbonyl (C=O) groups is 1. The molecule has 0 aliphatic heterocycles. The van der Waals surface area contributed by atoms with Crippen molar-refractivity contribution >= 4 is 5.97 Å². The fraction of sp³-hybridized carbons (Fsp3) is 0.550. The van der Waals surface area contributed by atoms with Gasteiger partial charge in [-0.1, -0.05) is 55.0 Å². The normalized spacial score (nSPS) is 15.0. The molecule has 0 unspecified atom stereocenters. The fourth-order valence-electron chi connectivity index (χ4n) is 2.05. The highest BCUT2D eigenvalue weighted by molar-refractivity contribution is 5.66. The van der Waals surface area contributed by atoms with E-state index >= 15 is 0 Å². The Balaban J connectivity index is 3.79. The highest BCUT2D eigenvalue weighted by Gasteiger charge is 2.01. The van der Waals surface area contributed by atoms with Gasteiger partial charge in [0.15, 0.2) is 0 Å². The number of unbranched alkanes of at least 4 members (excludes halogenated alkanes) is 3. The lowest BCUT2D eigenvalue weighted by molar-refractivity contribution is -0.137. The Morgan fingerprint density at radius 2 is 1.52 bits per heavy atom. The average Bonchev–Trinajstić information content (AvgIpc) is 2.56. The molecule has 4 N–H and O–H groups in total. The van der Waals surface area contributed by atoms with Crippen molar-refractivity contribution in [3.05, 3.63) is 48.6 Å². The number of carboxylic acids is 1. The molecule has 0 radical (unpaired) electrons. The molecule has 0 aromatic rings. The standard InChI is InChI=1S/C20H32O5/c21-17-10-6-2-1-3-7-12-18(22)13-8-4-5-9-14-19(23)15-11-16-20(24)25/h3-5,7-9,13-14,18-19,21-23H,1-2,6,10-12,15-17H2,(H,24,25)/b5-4+,7-3-,13-8+,14-9-/t18-,19+/m0/s1. The van der Waals surface area contributed by atoms with Crippen LogP contribution >= 0.6 is 0 Å². The van der Waals surface area contributed by atoms with Gasteiger partial charge in [-0.3, -0.25) is 4.79 Å². The van der Waals surface area contributed by atoms with E-state index in [9.17, 15) is 15.0 Å². The Hall–Kier alpha value is -1.69. The Kier molecular flexibility index (Phi) is 16.0. The van der Waals surface area contributed by atoms with Crippen LogP contribution in [-0.4, -0.2) is 45.2 Å². The topological polar surface area (TPSA) is 98.0 Å². The summed E-state index contributed by atoms with van der Waals surface area (Å²) in [7, 11) is 0. The summed E-state index contributed by atoms with van der Waals surface area (Å²) in [6.07, 6.45) is 18.5. The molecule has 0 aromatic carbocycles. The van der Waals surface area contributed by atoms with Crippen molar-refractivity contribution in [1.29, 1.82) is 0 Å². The first-order chi connectivity index (χ1) is 12.1. The SMILES string of the molecule is O=C(O)CCC[C@H](O)\C=C/C=C/C=C/[C@@H](O)C/C=C\CCCCCO. The summed E-state index contributed by atoms with van der Waals surface area (Å²) in [6.45, 7) is 0.250. The van der Waals surface area contributed by atoms with E-state index in [0.29, 0.717) is 19.3 Å². The summed E-state index contributed by atoms with van der Waals surface area (Å²) < 4.78 is 0. The molecule has 0 aliphatic rings. The Morgan fingerprint density at radius 1 is 0.840 bits per heavy atom. The van der Waals surface area contributed by atoms with Gasteiger partial charge in [0, 0.05) is 13.0 Å². The molecular weight excluding hydrogens is 320 g/mol. The summed E-state index contributed by atoms with van der Waals surface area (Å²) in [5.74, 6) is -0.851. The van der Waals surface area contributed by atoms with Gasteiger partial charge in [0.25, 0.3) is 0 Å². The molecule has 2 atom stereocenters. The zero-order chi connectivity index (χ0) is 18.8. The van der Waals surface area contributed by atoms with Crippen LogP contribution in [0.15, 0.2) is 48.6 Å². The molecule has 5 nitrogen and oxygen atoms in total. The number of aliphatic hydroxyl groups excluding tert-OH is 3. The van der Waals surface area contributed by atoms with Crippen LogP contribution in [0.3, 0.4) is 0 Å². The van der Waals surface area contributed by atoms with E-state index in [1.807, 2.05) is 6.08 Å². The summed E-state index contributed by atoms with van der Waals surface area (Å²) >= 11 is 0. The predicted octanol–water partition coefficient (Wildman–Crippen LogP) is 3.13. The van der Waals surface area contributed by atoms with Crippen LogP contribution in [-0.2, 0) is 4.79 Å². The van der Waals surface area contributed by atoms with Gasteiger partial charge in [-0.25, -0.2) is 0 Å². The van der Waals surface area contributed by atoms with Crippen LogP contribution in [0.4, 0.5) is 0 Å². The molecule has 0 fully saturated rings. The fourth-order valence-corrected chi connectivity index (χ4v) is 2.05. The Bertz CT molecular complexity index is 437. The minimum absolute atomic E-state index is 0.0679. The van der Waals surface area contributed by atoms with Crippen LogP contribution in [0.25, 0.3) is 0 Å². The smallest absolute Gasteiger partial charge is 0.303 e. The minimum atomic E-state index is -0.851. The maximum atomic E-state index is 10.4. The van der Waals surface area contributed by atoms with Crippen molar-refractivity contribution in [1.82, 2.24) is 0 Å². The molecule has 0 saturated heterocycles. The quantitative estimate of drug-likeness (QED) is 0.206. The average molecular weight is 352 g/mol. The highest BCUT2D eigenvalue weighted by Crippen LogP contribution is 2.03. The molecule has 25 heavy (non-hydrogen) atoms. The Labute approximate surface area is 150 Å². The molecule has 0 saturated carbocycles. The summed E-state index contributed by atoms with van der Waals surface area (Å²) in [5, 5.41) is 36.5. The molecule has 0 amide bonds. The molecule has 5 heteroatoms. The second-order valence-corrected chi connectivity index (χ2v) is 5.86. The van der Waals surface area contributed by atoms with Crippen molar-refractivity contribution in [3.63, 3.8) is 0 Å². The first kappa shape index (κ1) is 23.3. The third-order valence-corrected chi connectivity index (χ3v) is 3.46. The second-order valence-electron chi connectivity index (χ2n) is 5.86. The molecule has 0 rings (SSSR count). The first-order valence-electron chi connectivity index (χ1n) is 8.91. The van der Waals surface area contributed by atoms with E-state index in [1.165, 1.54) is 0 Å². The lowest BCUT2D eigenvalue weighted by atomic mass is 10.1.